The Morgan fingerprint density at radius 1 is 1.30 bits per heavy atom. The van der Waals surface area contributed by atoms with Gasteiger partial charge in [0.05, 0.1) is 6.04 Å². The number of nitrogens with one attached hydrogen (secondary N) is 1. The summed E-state index contributed by atoms with van der Waals surface area (Å²) >= 11 is 0. The van der Waals surface area contributed by atoms with Crippen molar-refractivity contribution in [3.8, 4) is 0 Å². The number of hydrogen-bond donors (Lipinski definition) is 2. The number of aliphatic hydroxyl groups is 1. The molecule has 2 amide bonds. The SMILES string of the molecule is CCC[C@H]1CC[C@H](NC(=O)OC(C)(C)C)C(=O)N2[C@H](CC[C@H]2C(O)OC)C1. The molecule has 0 bridgehead atoms. The second kappa shape index (κ2) is 9.24. The van der Waals surface area contributed by atoms with Gasteiger partial charge in [-0.1, -0.05) is 19.8 Å². The molecule has 0 saturated carbocycles. The van der Waals surface area contributed by atoms with Crippen LogP contribution in [0.15, 0.2) is 0 Å². The molecule has 2 N–H and O–H groups in total. The number of aliphatic hydroxyl groups excluding tert-OH is 1. The zero-order valence-electron chi connectivity index (χ0n) is 17.4. The van der Waals surface area contributed by atoms with Gasteiger partial charge in [0, 0.05) is 13.2 Å². The van der Waals surface area contributed by atoms with Crippen LogP contribution in [0.25, 0.3) is 0 Å². The van der Waals surface area contributed by atoms with Crippen LogP contribution in [0.3, 0.4) is 0 Å². The Morgan fingerprint density at radius 2 is 2.00 bits per heavy atom. The molecule has 2 fully saturated rings. The number of hydrogen-bond acceptors (Lipinski definition) is 5. The molecule has 0 aromatic rings. The number of carbonyl (C=O) groups is 2. The maximum Gasteiger partial charge on any atom is 0.408 e. The van der Waals surface area contributed by atoms with Gasteiger partial charge in [-0.25, -0.2) is 4.79 Å². The lowest BCUT2D eigenvalue weighted by molar-refractivity contribution is -0.155. The molecule has 2 aliphatic heterocycles. The van der Waals surface area contributed by atoms with E-state index in [0.29, 0.717) is 18.8 Å². The Labute approximate surface area is 162 Å². The van der Waals surface area contributed by atoms with Crippen LogP contribution in [-0.2, 0) is 14.3 Å². The van der Waals surface area contributed by atoms with Gasteiger partial charge >= 0.3 is 6.09 Å². The van der Waals surface area contributed by atoms with E-state index in [2.05, 4.69) is 12.2 Å². The molecule has 2 rings (SSSR count). The number of ether oxygens (including phenoxy) is 2. The number of fused-ring (bicyclic) bond motifs is 1. The molecule has 7 heteroatoms. The van der Waals surface area contributed by atoms with Crippen molar-refractivity contribution in [1.29, 1.82) is 0 Å². The normalized spacial score (nSPS) is 30.3. The molecule has 0 aromatic carbocycles. The minimum Gasteiger partial charge on any atom is -0.444 e. The molecule has 5 atom stereocenters. The topological polar surface area (TPSA) is 88.1 Å². The van der Waals surface area contributed by atoms with Crippen LogP contribution in [0, 0.1) is 5.92 Å². The van der Waals surface area contributed by atoms with Crippen LogP contribution >= 0.6 is 0 Å². The van der Waals surface area contributed by atoms with Crippen LogP contribution in [0.2, 0.25) is 0 Å². The summed E-state index contributed by atoms with van der Waals surface area (Å²) in [6.45, 7) is 7.56. The fraction of sp³-hybridized carbons (Fsp3) is 0.900. The number of rotatable bonds is 5. The Kier molecular flexibility index (Phi) is 7.51. The van der Waals surface area contributed by atoms with Crippen molar-refractivity contribution >= 4 is 12.0 Å². The summed E-state index contributed by atoms with van der Waals surface area (Å²) in [6, 6.07) is -0.908. The molecule has 2 heterocycles. The molecule has 1 unspecified atom stereocenters. The van der Waals surface area contributed by atoms with E-state index in [1.807, 2.05) is 0 Å². The first-order valence-electron chi connectivity index (χ1n) is 10.2. The van der Waals surface area contributed by atoms with E-state index < -0.39 is 24.0 Å². The second-order valence-electron chi connectivity index (χ2n) is 8.84. The van der Waals surface area contributed by atoms with Gasteiger partial charge in [-0.2, -0.15) is 0 Å². The Hall–Kier alpha value is -1.34. The molecular formula is C20H36N2O5. The number of methoxy groups -OCH3 is 1. The maximum absolute atomic E-state index is 13.3. The highest BCUT2D eigenvalue weighted by Crippen LogP contribution is 2.36. The van der Waals surface area contributed by atoms with Crippen molar-refractivity contribution < 1.29 is 24.2 Å². The van der Waals surface area contributed by atoms with E-state index in [4.69, 9.17) is 9.47 Å². The first-order valence-corrected chi connectivity index (χ1v) is 10.2. The Bertz CT molecular complexity index is 519. The van der Waals surface area contributed by atoms with Gasteiger partial charge in [0.2, 0.25) is 5.91 Å². The van der Waals surface area contributed by atoms with Gasteiger partial charge in [0.25, 0.3) is 0 Å². The summed E-state index contributed by atoms with van der Waals surface area (Å²) in [5, 5.41) is 13.0. The summed E-state index contributed by atoms with van der Waals surface area (Å²) in [5.41, 5.74) is -0.621. The van der Waals surface area contributed by atoms with Crippen molar-refractivity contribution in [2.24, 2.45) is 5.92 Å². The van der Waals surface area contributed by atoms with Gasteiger partial charge in [-0.15, -0.1) is 0 Å². The third-order valence-corrected chi connectivity index (χ3v) is 5.53. The summed E-state index contributed by atoms with van der Waals surface area (Å²) in [6.07, 6.45) is 4.63. The van der Waals surface area contributed by atoms with E-state index in [-0.39, 0.29) is 18.0 Å². The lowest BCUT2D eigenvalue weighted by atomic mass is 9.86. The van der Waals surface area contributed by atoms with E-state index in [1.165, 1.54) is 7.11 Å². The lowest BCUT2D eigenvalue weighted by Gasteiger charge is -2.39. The first kappa shape index (κ1) is 22.0. The average molecular weight is 385 g/mol. The highest BCUT2D eigenvalue weighted by molar-refractivity contribution is 5.86. The maximum atomic E-state index is 13.3. The second-order valence-corrected chi connectivity index (χ2v) is 8.84. The van der Waals surface area contributed by atoms with Crippen molar-refractivity contribution in [3.05, 3.63) is 0 Å². The largest absolute Gasteiger partial charge is 0.444 e. The van der Waals surface area contributed by atoms with Crippen LogP contribution in [0.4, 0.5) is 4.79 Å². The average Bonchev–Trinajstić information content (AvgIpc) is 2.97. The summed E-state index contributed by atoms with van der Waals surface area (Å²) in [4.78, 5) is 27.3. The first-order chi connectivity index (χ1) is 12.7. The number of amides is 2. The predicted octanol–water partition coefficient (Wildman–Crippen LogP) is 2.80. The third kappa shape index (κ3) is 5.82. The van der Waals surface area contributed by atoms with Crippen molar-refractivity contribution in [2.75, 3.05) is 7.11 Å². The zero-order chi connectivity index (χ0) is 20.2. The van der Waals surface area contributed by atoms with Crippen molar-refractivity contribution in [1.82, 2.24) is 10.2 Å². The van der Waals surface area contributed by atoms with Gasteiger partial charge in [0.1, 0.15) is 11.6 Å². The van der Waals surface area contributed by atoms with E-state index >= 15 is 0 Å². The summed E-state index contributed by atoms with van der Waals surface area (Å²) in [7, 11) is 1.45. The van der Waals surface area contributed by atoms with Crippen LogP contribution in [0.5, 0.6) is 0 Å². The van der Waals surface area contributed by atoms with Gasteiger partial charge in [-0.3, -0.25) is 4.79 Å². The molecule has 0 radical (unpaired) electrons. The number of alkyl carbamates (subject to hydrolysis) is 1. The number of nitrogens with zero attached hydrogens (tertiary/aromatic N) is 1. The quantitative estimate of drug-likeness (QED) is 0.712. The van der Waals surface area contributed by atoms with E-state index in [0.717, 1.165) is 32.1 Å². The zero-order valence-corrected chi connectivity index (χ0v) is 17.4. The smallest absolute Gasteiger partial charge is 0.408 e. The summed E-state index contributed by atoms with van der Waals surface area (Å²) < 4.78 is 10.5. The lowest BCUT2D eigenvalue weighted by Crippen LogP contribution is -2.56. The molecule has 0 aromatic heterocycles. The van der Waals surface area contributed by atoms with E-state index in [9.17, 15) is 14.7 Å². The highest BCUT2D eigenvalue weighted by atomic mass is 16.6. The standard InChI is InChI=1S/C20H36N2O5/c1-6-7-13-8-10-15(21-19(25)27-20(2,3)4)17(23)22-14(12-13)9-11-16(22)18(24)26-5/h13-16,18,24H,6-12H2,1-5H3,(H,21,25)/t13-,14+,15-,16-,18?/m0/s1. The number of carbonyl (C=O) groups excluding carboxylic acids is 2. The predicted molar refractivity (Wildman–Crippen MR) is 102 cm³/mol. The van der Waals surface area contributed by atoms with Crippen LogP contribution < -0.4 is 5.32 Å². The minimum atomic E-state index is -1.01. The minimum absolute atomic E-state index is 0.0899. The van der Waals surface area contributed by atoms with Crippen LogP contribution in [0.1, 0.15) is 72.6 Å². The van der Waals surface area contributed by atoms with Crippen molar-refractivity contribution in [2.45, 2.75) is 103 Å². The van der Waals surface area contributed by atoms with E-state index in [1.54, 1.807) is 25.7 Å². The third-order valence-electron chi connectivity index (χ3n) is 5.53. The fourth-order valence-corrected chi connectivity index (χ4v) is 4.39. The molecule has 2 aliphatic rings. The molecule has 2 saturated heterocycles. The van der Waals surface area contributed by atoms with Crippen LogP contribution in [-0.4, -0.2) is 59.1 Å². The molecule has 7 nitrogen and oxygen atoms in total. The molecular weight excluding hydrogens is 348 g/mol. The summed E-state index contributed by atoms with van der Waals surface area (Å²) in [5.74, 6) is 0.372. The molecule has 0 aliphatic carbocycles. The highest BCUT2D eigenvalue weighted by Gasteiger charge is 2.45. The van der Waals surface area contributed by atoms with Crippen molar-refractivity contribution in [3.63, 3.8) is 0 Å². The molecule has 27 heavy (non-hydrogen) atoms. The fourth-order valence-electron chi connectivity index (χ4n) is 4.39. The van der Waals surface area contributed by atoms with Gasteiger partial charge < -0.3 is 24.8 Å². The van der Waals surface area contributed by atoms with Gasteiger partial charge in [-0.05, 0) is 58.8 Å². The molecule has 156 valence electrons. The Balaban J connectivity index is 2.20. The molecule has 0 spiro atoms. The Morgan fingerprint density at radius 3 is 2.59 bits per heavy atom. The van der Waals surface area contributed by atoms with Gasteiger partial charge in [0.15, 0.2) is 6.29 Å². The monoisotopic (exact) mass is 384 g/mol.